The molecule has 0 unspecified atom stereocenters. The second kappa shape index (κ2) is 11.3. The molecule has 2 aromatic carbocycles. The number of carbonyl (C=O) groups excluding carboxylic acids is 2. The molecule has 0 aliphatic carbocycles. The van der Waals surface area contributed by atoms with Gasteiger partial charge in [0.15, 0.2) is 0 Å². The number of ketones is 1. The summed E-state index contributed by atoms with van der Waals surface area (Å²) in [5.41, 5.74) is 1.09. The van der Waals surface area contributed by atoms with Crippen LogP contribution in [0.5, 0.6) is 11.5 Å². The highest BCUT2D eigenvalue weighted by Gasteiger charge is 2.35. The summed E-state index contributed by atoms with van der Waals surface area (Å²) in [5.74, 6) is 1.84. The lowest BCUT2D eigenvalue weighted by molar-refractivity contribution is -0.139. The van der Waals surface area contributed by atoms with Crippen molar-refractivity contribution in [2.24, 2.45) is 11.8 Å². The van der Waals surface area contributed by atoms with Gasteiger partial charge in [0, 0.05) is 18.9 Å². The Morgan fingerprint density at radius 3 is 2.47 bits per heavy atom. The van der Waals surface area contributed by atoms with Crippen molar-refractivity contribution in [2.45, 2.75) is 58.5 Å². The van der Waals surface area contributed by atoms with Gasteiger partial charge in [-0.25, -0.2) is 0 Å². The Bertz CT molecular complexity index is 897. The molecule has 0 bridgehead atoms. The third-order valence-electron chi connectivity index (χ3n) is 6.23. The van der Waals surface area contributed by atoms with Crippen molar-refractivity contribution >= 4 is 11.7 Å². The van der Waals surface area contributed by atoms with E-state index in [1.165, 1.54) is 0 Å². The summed E-state index contributed by atoms with van der Waals surface area (Å²) in [6.45, 7) is 6.81. The number of likely N-dealkylation sites (tertiary alicyclic amines) is 1. The van der Waals surface area contributed by atoms with E-state index >= 15 is 0 Å². The van der Waals surface area contributed by atoms with Gasteiger partial charge < -0.3 is 15.0 Å². The van der Waals surface area contributed by atoms with Crippen LogP contribution in [0, 0.1) is 11.8 Å². The first-order valence-electron chi connectivity index (χ1n) is 11.7. The van der Waals surface area contributed by atoms with Crippen LogP contribution >= 0.6 is 0 Å². The van der Waals surface area contributed by atoms with Gasteiger partial charge in [-0.15, -0.1) is 0 Å². The van der Waals surface area contributed by atoms with Gasteiger partial charge in [0.25, 0.3) is 0 Å². The maximum Gasteiger partial charge on any atom is 0.226 e. The Morgan fingerprint density at radius 2 is 1.78 bits per heavy atom. The normalized spacial score (nSPS) is 17.9. The summed E-state index contributed by atoms with van der Waals surface area (Å²) in [4.78, 5) is 28.2. The molecule has 3 rings (SSSR count). The van der Waals surface area contributed by atoms with E-state index in [1.54, 1.807) is 7.05 Å². The Hall–Kier alpha value is -2.66. The van der Waals surface area contributed by atoms with Gasteiger partial charge in [-0.2, -0.15) is 0 Å². The maximum atomic E-state index is 13.6. The lowest BCUT2D eigenvalue weighted by Crippen LogP contribution is -2.39. The van der Waals surface area contributed by atoms with Gasteiger partial charge in [-0.05, 0) is 69.0 Å². The molecule has 0 radical (unpaired) electrons. The van der Waals surface area contributed by atoms with Crippen LogP contribution in [0.2, 0.25) is 0 Å². The van der Waals surface area contributed by atoms with E-state index in [-0.39, 0.29) is 29.7 Å². The van der Waals surface area contributed by atoms with Crippen LogP contribution in [0.15, 0.2) is 54.6 Å². The number of rotatable bonds is 10. The molecule has 1 aliphatic heterocycles. The zero-order valence-corrected chi connectivity index (χ0v) is 19.7. The highest BCUT2D eigenvalue weighted by atomic mass is 16.5. The number of hydrogen-bond acceptors (Lipinski definition) is 4. The highest BCUT2D eigenvalue weighted by Crippen LogP contribution is 2.36. The minimum Gasteiger partial charge on any atom is -0.457 e. The molecule has 0 saturated carbocycles. The van der Waals surface area contributed by atoms with E-state index in [2.05, 4.69) is 25.2 Å². The lowest BCUT2D eigenvalue weighted by Gasteiger charge is -2.30. The summed E-state index contributed by atoms with van der Waals surface area (Å²) in [5, 5.41) is 3.00. The van der Waals surface area contributed by atoms with Crippen LogP contribution in [0.3, 0.4) is 0 Å². The number of Topliss-reactive ketones (excluding diaryl/α,β-unsaturated/α-hetero) is 1. The van der Waals surface area contributed by atoms with E-state index in [9.17, 15) is 9.59 Å². The molecule has 1 saturated heterocycles. The number of para-hydroxylation sites is 1. The van der Waals surface area contributed by atoms with Crippen molar-refractivity contribution in [3.63, 3.8) is 0 Å². The maximum absolute atomic E-state index is 13.6. The summed E-state index contributed by atoms with van der Waals surface area (Å²) < 4.78 is 6.01. The number of ether oxygens (including phenoxy) is 1. The van der Waals surface area contributed by atoms with Crippen molar-refractivity contribution in [3.05, 3.63) is 60.2 Å². The highest BCUT2D eigenvalue weighted by molar-refractivity contribution is 5.89. The quantitative estimate of drug-likeness (QED) is 0.544. The molecular formula is C27H36N2O3. The van der Waals surface area contributed by atoms with E-state index in [0.717, 1.165) is 42.9 Å². The molecule has 2 aromatic rings. The minimum atomic E-state index is -0.275. The molecule has 1 N–H and O–H groups in total. The standard InChI is InChI=1S/C27H36N2O3/c1-19(2)16-22(18-26(30)20(3)28-4)27(31)29-15-9-14-25(29)21-10-8-13-24(17-21)32-23-11-6-5-7-12-23/h5-8,10-13,17,19-20,22,25,28H,9,14-16,18H2,1-4H3/t20-,22+,25-/m0/s1. The molecule has 1 amide bonds. The lowest BCUT2D eigenvalue weighted by atomic mass is 9.89. The van der Waals surface area contributed by atoms with Gasteiger partial charge in [-0.3, -0.25) is 9.59 Å². The fraction of sp³-hybridized carbons (Fsp3) is 0.481. The van der Waals surface area contributed by atoms with Crippen molar-refractivity contribution in [2.75, 3.05) is 13.6 Å². The van der Waals surface area contributed by atoms with Crippen molar-refractivity contribution in [1.82, 2.24) is 10.2 Å². The Balaban J connectivity index is 1.77. The second-order valence-electron chi connectivity index (χ2n) is 9.18. The zero-order valence-electron chi connectivity index (χ0n) is 19.7. The number of carbonyl (C=O) groups is 2. The van der Waals surface area contributed by atoms with Gasteiger partial charge in [-0.1, -0.05) is 44.2 Å². The summed E-state index contributed by atoms with van der Waals surface area (Å²) in [6.07, 6.45) is 2.91. The number of hydrogen-bond donors (Lipinski definition) is 1. The first-order valence-corrected chi connectivity index (χ1v) is 11.7. The van der Waals surface area contributed by atoms with E-state index in [0.29, 0.717) is 12.3 Å². The van der Waals surface area contributed by atoms with Crippen LogP contribution < -0.4 is 10.1 Å². The predicted octanol–water partition coefficient (Wildman–Crippen LogP) is 5.37. The third-order valence-corrected chi connectivity index (χ3v) is 6.23. The summed E-state index contributed by atoms with van der Waals surface area (Å²) >= 11 is 0. The molecule has 0 aromatic heterocycles. The van der Waals surface area contributed by atoms with E-state index in [1.807, 2.05) is 60.4 Å². The predicted molar refractivity (Wildman–Crippen MR) is 128 cm³/mol. The molecule has 3 atom stereocenters. The monoisotopic (exact) mass is 436 g/mol. The van der Waals surface area contributed by atoms with Crippen LogP contribution in [0.4, 0.5) is 0 Å². The molecule has 32 heavy (non-hydrogen) atoms. The smallest absolute Gasteiger partial charge is 0.226 e. The zero-order chi connectivity index (χ0) is 23.1. The average Bonchev–Trinajstić information content (AvgIpc) is 3.28. The third kappa shape index (κ3) is 6.19. The summed E-state index contributed by atoms with van der Waals surface area (Å²) in [6, 6.07) is 17.5. The minimum absolute atomic E-state index is 0.0216. The number of nitrogens with zero attached hydrogens (tertiary/aromatic N) is 1. The van der Waals surface area contributed by atoms with Crippen LogP contribution in [-0.4, -0.2) is 36.2 Å². The molecule has 1 aliphatic rings. The SMILES string of the molecule is CN[C@@H](C)C(=O)C[C@@H](CC(C)C)C(=O)N1CCC[C@H]1c1cccc(Oc2ccccc2)c1. The number of nitrogens with one attached hydrogen (secondary N) is 1. The summed E-state index contributed by atoms with van der Waals surface area (Å²) in [7, 11) is 1.78. The van der Waals surface area contributed by atoms with Gasteiger partial charge >= 0.3 is 0 Å². The Kier molecular flexibility index (Phi) is 8.46. The average molecular weight is 437 g/mol. The molecule has 5 nitrogen and oxygen atoms in total. The van der Waals surface area contributed by atoms with E-state index < -0.39 is 0 Å². The van der Waals surface area contributed by atoms with E-state index in [4.69, 9.17) is 4.74 Å². The molecule has 1 heterocycles. The van der Waals surface area contributed by atoms with Crippen molar-refractivity contribution in [1.29, 1.82) is 0 Å². The molecule has 1 fully saturated rings. The number of likely N-dealkylation sites (N-methyl/N-ethyl adjacent to an activating group) is 1. The largest absolute Gasteiger partial charge is 0.457 e. The van der Waals surface area contributed by atoms with Crippen LogP contribution in [0.25, 0.3) is 0 Å². The van der Waals surface area contributed by atoms with Gasteiger partial charge in [0.1, 0.15) is 17.3 Å². The first-order chi connectivity index (χ1) is 15.4. The van der Waals surface area contributed by atoms with Gasteiger partial charge in [0.05, 0.1) is 12.1 Å². The molecular weight excluding hydrogens is 400 g/mol. The second-order valence-corrected chi connectivity index (χ2v) is 9.18. The van der Waals surface area contributed by atoms with Crippen LogP contribution in [-0.2, 0) is 9.59 Å². The van der Waals surface area contributed by atoms with Crippen molar-refractivity contribution in [3.8, 4) is 11.5 Å². The fourth-order valence-electron chi connectivity index (χ4n) is 4.44. The Morgan fingerprint density at radius 1 is 1.06 bits per heavy atom. The molecule has 5 heteroatoms. The first kappa shape index (κ1) is 24.0. The topological polar surface area (TPSA) is 58.6 Å². The van der Waals surface area contributed by atoms with Gasteiger partial charge in [0.2, 0.25) is 5.91 Å². The number of amides is 1. The Labute approximate surface area is 192 Å². The van der Waals surface area contributed by atoms with Crippen molar-refractivity contribution < 1.29 is 14.3 Å². The van der Waals surface area contributed by atoms with Crippen LogP contribution in [0.1, 0.15) is 58.1 Å². The number of benzene rings is 2. The molecule has 172 valence electrons. The molecule has 0 spiro atoms. The fourth-order valence-corrected chi connectivity index (χ4v) is 4.44.